The van der Waals surface area contributed by atoms with Crippen LogP contribution < -0.4 is 10.2 Å². The zero-order valence-corrected chi connectivity index (χ0v) is 15.1. The Morgan fingerprint density at radius 1 is 1.16 bits per heavy atom. The third-order valence-corrected chi connectivity index (χ3v) is 4.47. The summed E-state index contributed by atoms with van der Waals surface area (Å²) < 4.78 is 13.1. The number of halogens is 1. The lowest BCUT2D eigenvalue weighted by Crippen LogP contribution is -2.09. The van der Waals surface area contributed by atoms with E-state index >= 15 is 0 Å². The zero-order chi connectivity index (χ0) is 17.6. The molecule has 0 aliphatic carbocycles. The molecular formula is C20H22ClNO3. The van der Waals surface area contributed by atoms with Gasteiger partial charge >= 0.3 is 0 Å². The van der Waals surface area contributed by atoms with Gasteiger partial charge in [-0.25, -0.2) is 0 Å². The maximum absolute atomic E-state index is 11.8. The summed E-state index contributed by atoms with van der Waals surface area (Å²) in [6.07, 6.45) is 7.21. The van der Waals surface area contributed by atoms with Gasteiger partial charge in [0.05, 0.1) is 6.61 Å². The van der Waals surface area contributed by atoms with Gasteiger partial charge in [-0.2, -0.15) is 0 Å². The summed E-state index contributed by atoms with van der Waals surface area (Å²) in [5, 5.41) is 1.93. The first-order valence-electron chi connectivity index (χ1n) is 8.66. The van der Waals surface area contributed by atoms with E-state index in [0.717, 1.165) is 36.2 Å². The van der Waals surface area contributed by atoms with Crippen molar-refractivity contribution < 1.29 is 9.15 Å². The van der Waals surface area contributed by atoms with E-state index in [1.165, 1.54) is 17.8 Å². The number of nitrogens with zero attached hydrogens (tertiary/aromatic N) is 1. The molecule has 0 bridgehead atoms. The molecule has 0 aliphatic heterocycles. The van der Waals surface area contributed by atoms with Crippen molar-refractivity contribution in [2.45, 2.75) is 39.2 Å². The Hall–Kier alpha value is -2.20. The van der Waals surface area contributed by atoms with Crippen molar-refractivity contribution in [1.82, 2.24) is 4.57 Å². The largest absolute Gasteiger partial charge is 0.487 e. The number of aromatic nitrogens is 1. The molecule has 0 saturated carbocycles. The minimum absolute atomic E-state index is 0.111. The molecule has 0 aliphatic rings. The summed E-state index contributed by atoms with van der Waals surface area (Å²) in [6.45, 7) is 3.43. The number of hydrogen-bond acceptors (Lipinski definition) is 3. The number of hydrogen-bond donors (Lipinski definition) is 0. The third-order valence-electron chi connectivity index (χ3n) is 4.23. The number of benzene rings is 1. The molecule has 2 aromatic heterocycles. The lowest BCUT2D eigenvalue weighted by Gasteiger charge is -2.07. The van der Waals surface area contributed by atoms with Crippen molar-refractivity contribution in [1.29, 1.82) is 0 Å². The molecule has 0 fully saturated rings. The summed E-state index contributed by atoms with van der Waals surface area (Å²) in [5.41, 5.74) is 1.09. The predicted molar refractivity (Wildman–Crippen MR) is 101 cm³/mol. The fourth-order valence-electron chi connectivity index (χ4n) is 2.84. The maximum Gasteiger partial charge on any atom is 0.226 e. The van der Waals surface area contributed by atoms with Gasteiger partial charge in [-0.15, -0.1) is 0 Å². The zero-order valence-electron chi connectivity index (χ0n) is 14.3. The van der Waals surface area contributed by atoms with E-state index < -0.39 is 0 Å². The fraction of sp³-hybridized carbons (Fsp3) is 0.350. The Kier molecular flexibility index (Phi) is 5.82. The highest BCUT2D eigenvalue weighted by molar-refractivity contribution is 6.31. The van der Waals surface area contributed by atoms with Crippen molar-refractivity contribution in [2.75, 3.05) is 6.61 Å². The summed E-state index contributed by atoms with van der Waals surface area (Å²) in [6, 6.07) is 9.54. The Morgan fingerprint density at radius 2 is 2.04 bits per heavy atom. The Morgan fingerprint density at radius 3 is 2.84 bits per heavy atom. The van der Waals surface area contributed by atoms with Gasteiger partial charge in [-0.3, -0.25) is 4.79 Å². The van der Waals surface area contributed by atoms with Crippen LogP contribution in [0.4, 0.5) is 0 Å². The van der Waals surface area contributed by atoms with Crippen LogP contribution in [-0.4, -0.2) is 11.2 Å². The smallest absolute Gasteiger partial charge is 0.226 e. The van der Waals surface area contributed by atoms with Crippen molar-refractivity contribution in [2.24, 2.45) is 0 Å². The molecule has 3 aromatic rings. The Bertz CT molecular complexity index is 897. The molecule has 0 saturated heterocycles. The average Bonchev–Trinajstić information content (AvgIpc) is 3.01. The van der Waals surface area contributed by atoms with Crippen molar-refractivity contribution in [3.05, 3.63) is 63.8 Å². The second-order valence-electron chi connectivity index (χ2n) is 6.05. The summed E-state index contributed by atoms with van der Waals surface area (Å²) >= 11 is 6.02. The van der Waals surface area contributed by atoms with Crippen LogP contribution in [0.5, 0.6) is 5.75 Å². The van der Waals surface area contributed by atoms with Gasteiger partial charge in [-0.1, -0.05) is 18.5 Å². The van der Waals surface area contributed by atoms with E-state index in [2.05, 4.69) is 22.9 Å². The lowest BCUT2D eigenvalue weighted by molar-refractivity contribution is 0.289. The summed E-state index contributed by atoms with van der Waals surface area (Å²) in [4.78, 5) is 11.8. The van der Waals surface area contributed by atoms with Crippen LogP contribution in [0.2, 0.25) is 5.02 Å². The van der Waals surface area contributed by atoms with Crippen molar-refractivity contribution in [3.8, 4) is 5.75 Å². The van der Waals surface area contributed by atoms with E-state index in [1.54, 1.807) is 0 Å². The topological polar surface area (TPSA) is 44.4 Å². The van der Waals surface area contributed by atoms with Gasteiger partial charge in [-0.05, 0) is 43.5 Å². The van der Waals surface area contributed by atoms with Crippen LogP contribution in [0, 0.1) is 0 Å². The molecule has 0 radical (unpaired) electrons. The highest BCUT2D eigenvalue weighted by Crippen LogP contribution is 2.21. The third kappa shape index (κ3) is 4.45. The minimum atomic E-state index is -0.111. The second-order valence-corrected chi connectivity index (χ2v) is 6.49. The quantitative estimate of drug-likeness (QED) is 0.528. The molecule has 3 rings (SSSR count). The number of fused-ring (bicyclic) bond motifs is 1. The standard InChI is InChI=1S/C20H22ClNO3/c1-2-17-13-19(23)20(14-25-17)24-11-5-3-4-9-22-10-8-15-12-16(21)6-7-18(15)22/h6-8,10,12-14H,2-5,9,11H2,1H3. The van der Waals surface area contributed by atoms with Crippen LogP contribution in [0.3, 0.4) is 0 Å². The average molecular weight is 360 g/mol. The molecule has 0 unspecified atom stereocenters. The van der Waals surface area contributed by atoms with Crippen molar-refractivity contribution in [3.63, 3.8) is 0 Å². The highest BCUT2D eigenvalue weighted by atomic mass is 35.5. The summed E-state index contributed by atoms with van der Waals surface area (Å²) in [5.74, 6) is 0.975. The first kappa shape index (κ1) is 17.6. The molecule has 25 heavy (non-hydrogen) atoms. The molecule has 0 amide bonds. The minimum Gasteiger partial charge on any atom is -0.487 e. The second kappa shape index (κ2) is 8.26. The Balaban J connectivity index is 1.42. The van der Waals surface area contributed by atoms with Gasteiger partial charge in [0, 0.05) is 41.2 Å². The SMILES string of the molecule is CCc1cc(=O)c(OCCCCCn2ccc3cc(Cl)ccc32)co1. The van der Waals surface area contributed by atoms with Crippen LogP contribution in [0.1, 0.15) is 31.9 Å². The van der Waals surface area contributed by atoms with E-state index in [4.69, 9.17) is 20.8 Å². The van der Waals surface area contributed by atoms with Gasteiger partial charge in [0.15, 0.2) is 0 Å². The van der Waals surface area contributed by atoms with Crippen molar-refractivity contribution >= 4 is 22.5 Å². The first-order chi connectivity index (χ1) is 12.2. The number of aryl methyl sites for hydroxylation is 2. The van der Waals surface area contributed by atoms with Crippen LogP contribution in [-0.2, 0) is 13.0 Å². The summed E-state index contributed by atoms with van der Waals surface area (Å²) in [7, 11) is 0. The van der Waals surface area contributed by atoms with E-state index in [0.29, 0.717) is 24.5 Å². The number of unbranched alkanes of at least 4 members (excludes halogenated alkanes) is 2. The first-order valence-corrected chi connectivity index (χ1v) is 9.04. The normalized spacial score (nSPS) is 11.1. The monoisotopic (exact) mass is 359 g/mol. The lowest BCUT2D eigenvalue weighted by atomic mass is 10.2. The van der Waals surface area contributed by atoms with Gasteiger partial charge in [0.25, 0.3) is 0 Å². The van der Waals surface area contributed by atoms with Gasteiger partial charge in [0.2, 0.25) is 11.2 Å². The molecule has 132 valence electrons. The van der Waals surface area contributed by atoms with Crippen LogP contribution in [0.25, 0.3) is 10.9 Å². The number of ether oxygens (including phenoxy) is 1. The highest BCUT2D eigenvalue weighted by Gasteiger charge is 2.04. The van der Waals surface area contributed by atoms with E-state index in [-0.39, 0.29) is 5.43 Å². The van der Waals surface area contributed by atoms with Gasteiger partial charge in [0.1, 0.15) is 12.0 Å². The Labute approximate surface area is 152 Å². The van der Waals surface area contributed by atoms with Crippen LogP contribution >= 0.6 is 11.6 Å². The van der Waals surface area contributed by atoms with Gasteiger partial charge < -0.3 is 13.7 Å². The fourth-order valence-corrected chi connectivity index (χ4v) is 3.02. The maximum atomic E-state index is 11.8. The molecule has 4 nitrogen and oxygen atoms in total. The molecule has 0 N–H and O–H groups in total. The molecule has 2 heterocycles. The molecule has 5 heteroatoms. The predicted octanol–water partition coefficient (Wildman–Crippen LogP) is 5.06. The van der Waals surface area contributed by atoms with E-state index in [1.807, 2.05) is 19.1 Å². The molecule has 1 aromatic carbocycles. The molecular weight excluding hydrogens is 338 g/mol. The molecule has 0 atom stereocenters. The van der Waals surface area contributed by atoms with E-state index in [9.17, 15) is 4.79 Å². The molecule has 0 spiro atoms. The number of rotatable bonds is 8. The van der Waals surface area contributed by atoms with Crippen LogP contribution in [0.15, 0.2) is 52.0 Å².